The summed E-state index contributed by atoms with van der Waals surface area (Å²) < 4.78 is 8.85. The van der Waals surface area contributed by atoms with E-state index < -0.39 is 0 Å². The molecule has 8 aromatic rings. The van der Waals surface area contributed by atoms with E-state index in [2.05, 4.69) is 85.3 Å². The van der Waals surface area contributed by atoms with Crippen molar-refractivity contribution in [2.24, 2.45) is 7.05 Å². The van der Waals surface area contributed by atoms with E-state index in [4.69, 9.17) is 19.4 Å². The SMILES string of the molecule is Cc1ccc2c(oc3nc(-c4cc(-c5ccccc5)nc(-c5ccccc5)n4)ccc32)c1-c1ccc2ccccc2[n+]1C. The third kappa shape index (κ3) is 4.25. The van der Waals surface area contributed by atoms with Gasteiger partial charge in [0.25, 0.3) is 0 Å². The third-order valence-electron chi connectivity index (χ3n) is 8.14. The van der Waals surface area contributed by atoms with Crippen molar-refractivity contribution in [1.82, 2.24) is 15.0 Å². The van der Waals surface area contributed by atoms with E-state index in [1.54, 1.807) is 0 Å². The first-order valence-corrected chi connectivity index (χ1v) is 14.4. The molecule has 0 spiro atoms. The highest BCUT2D eigenvalue weighted by atomic mass is 16.3. The topological polar surface area (TPSA) is 55.7 Å². The van der Waals surface area contributed by atoms with Crippen LogP contribution in [0.3, 0.4) is 0 Å². The summed E-state index contributed by atoms with van der Waals surface area (Å²) in [5, 5.41) is 3.22. The molecule has 0 aliphatic carbocycles. The summed E-state index contributed by atoms with van der Waals surface area (Å²) in [7, 11) is 2.11. The van der Waals surface area contributed by atoms with E-state index in [1.807, 2.05) is 60.7 Å². The summed E-state index contributed by atoms with van der Waals surface area (Å²) in [6, 6.07) is 43.4. The van der Waals surface area contributed by atoms with E-state index in [1.165, 1.54) is 10.9 Å². The first-order chi connectivity index (χ1) is 21.1. The van der Waals surface area contributed by atoms with Gasteiger partial charge in [-0.25, -0.2) is 15.0 Å². The molecule has 0 bridgehead atoms. The zero-order chi connectivity index (χ0) is 28.9. The molecular formula is C38H27N4O+. The average Bonchev–Trinajstić information content (AvgIpc) is 3.44. The summed E-state index contributed by atoms with van der Waals surface area (Å²) >= 11 is 0. The molecule has 0 aliphatic heterocycles. The lowest BCUT2D eigenvalue weighted by atomic mass is 10.00. The second kappa shape index (κ2) is 10.00. The van der Waals surface area contributed by atoms with Gasteiger partial charge < -0.3 is 4.42 Å². The average molecular weight is 556 g/mol. The predicted molar refractivity (Wildman–Crippen MR) is 172 cm³/mol. The van der Waals surface area contributed by atoms with Gasteiger partial charge in [0.05, 0.1) is 22.6 Å². The van der Waals surface area contributed by atoms with Gasteiger partial charge in [-0.05, 0) is 42.8 Å². The van der Waals surface area contributed by atoms with Crippen LogP contribution in [-0.2, 0) is 7.05 Å². The van der Waals surface area contributed by atoms with Crippen molar-refractivity contribution in [3.63, 3.8) is 0 Å². The van der Waals surface area contributed by atoms with Crippen molar-refractivity contribution >= 4 is 33.0 Å². The minimum Gasteiger partial charge on any atom is -0.437 e. The molecule has 0 fully saturated rings. The number of benzene rings is 4. The number of para-hydroxylation sites is 1. The Balaban J connectivity index is 1.32. The van der Waals surface area contributed by atoms with E-state index in [0.717, 1.165) is 61.4 Å². The zero-order valence-corrected chi connectivity index (χ0v) is 23.8. The van der Waals surface area contributed by atoms with E-state index in [0.29, 0.717) is 11.5 Å². The second-order valence-electron chi connectivity index (χ2n) is 10.8. The first-order valence-electron chi connectivity index (χ1n) is 14.4. The maximum Gasteiger partial charge on any atom is 0.227 e. The van der Waals surface area contributed by atoms with Gasteiger partial charge in [0.2, 0.25) is 16.9 Å². The normalized spacial score (nSPS) is 11.5. The molecule has 4 heterocycles. The Hall–Kier alpha value is -5.68. The van der Waals surface area contributed by atoms with Crippen molar-refractivity contribution in [1.29, 1.82) is 0 Å². The van der Waals surface area contributed by atoms with Crippen LogP contribution in [0.4, 0.5) is 0 Å². The highest BCUT2D eigenvalue weighted by Crippen LogP contribution is 2.38. The molecule has 43 heavy (non-hydrogen) atoms. The molecule has 204 valence electrons. The third-order valence-corrected chi connectivity index (χ3v) is 8.14. The quantitative estimate of drug-likeness (QED) is 0.204. The largest absolute Gasteiger partial charge is 0.437 e. The van der Waals surface area contributed by atoms with Crippen LogP contribution in [0.2, 0.25) is 0 Å². The van der Waals surface area contributed by atoms with Crippen LogP contribution in [0.15, 0.2) is 132 Å². The van der Waals surface area contributed by atoms with Gasteiger partial charge in [0, 0.05) is 39.4 Å². The number of aryl methyl sites for hydroxylation is 2. The lowest BCUT2D eigenvalue weighted by molar-refractivity contribution is -0.633. The molecule has 0 atom stereocenters. The van der Waals surface area contributed by atoms with E-state index in [-0.39, 0.29) is 0 Å². The lowest BCUT2D eigenvalue weighted by Gasteiger charge is -2.08. The summed E-state index contributed by atoms with van der Waals surface area (Å²) in [6.45, 7) is 2.13. The van der Waals surface area contributed by atoms with Crippen molar-refractivity contribution in [3.8, 4) is 45.3 Å². The van der Waals surface area contributed by atoms with Gasteiger partial charge in [-0.2, -0.15) is 4.57 Å². The minimum atomic E-state index is 0.587. The van der Waals surface area contributed by atoms with Crippen LogP contribution in [0.25, 0.3) is 78.3 Å². The Morgan fingerprint density at radius 1 is 0.581 bits per heavy atom. The fourth-order valence-corrected chi connectivity index (χ4v) is 5.93. The van der Waals surface area contributed by atoms with E-state index in [9.17, 15) is 0 Å². The number of pyridine rings is 2. The maximum atomic E-state index is 6.61. The van der Waals surface area contributed by atoms with Crippen LogP contribution >= 0.6 is 0 Å². The number of furan rings is 1. The predicted octanol–water partition coefficient (Wildman–Crippen LogP) is 8.73. The summed E-state index contributed by atoms with van der Waals surface area (Å²) in [4.78, 5) is 14.9. The van der Waals surface area contributed by atoms with Crippen LogP contribution < -0.4 is 4.57 Å². The molecule has 0 radical (unpaired) electrons. The number of rotatable bonds is 4. The molecule has 5 heteroatoms. The van der Waals surface area contributed by atoms with Gasteiger partial charge in [-0.1, -0.05) is 84.9 Å². The van der Waals surface area contributed by atoms with Crippen LogP contribution in [0.1, 0.15) is 5.56 Å². The number of fused-ring (bicyclic) bond motifs is 4. The van der Waals surface area contributed by atoms with Crippen molar-refractivity contribution in [2.45, 2.75) is 6.92 Å². The van der Waals surface area contributed by atoms with E-state index >= 15 is 0 Å². The van der Waals surface area contributed by atoms with Crippen LogP contribution in [0.5, 0.6) is 0 Å². The molecule has 0 amide bonds. The monoisotopic (exact) mass is 555 g/mol. The fraction of sp³-hybridized carbons (Fsp3) is 0.0526. The smallest absolute Gasteiger partial charge is 0.227 e. The molecule has 0 saturated heterocycles. The fourth-order valence-electron chi connectivity index (χ4n) is 5.93. The Labute approximate surface area is 248 Å². The molecule has 8 rings (SSSR count). The molecule has 0 aliphatic rings. The highest BCUT2D eigenvalue weighted by Gasteiger charge is 2.23. The van der Waals surface area contributed by atoms with Crippen molar-refractivity contribution in [3.05, 3.63) is 133 Å². The highest BCUT2D eigenvalue weighted by molar-refractivity contribution is 6.09. The van der Waals surface area contributed by atoms with Gasteiger partial charge in [-0.3, -0.25) is 0 Å². The Kier molecular flexibility index (Phi) is 5.83. The van der Waals surface area contributed by atoms with Crippen molar-refractivity contribution in [2.75, 3.05) is 0 Å². The van der Waals surface area contributed by atoms with Crippen LogP contribution in [-0.4, -0.2) is 15.0 Å². The zero-order valence-electron chi connectivity index (χ0n) is 23.8. The molecule has 0 unspecified atom stereocenters. The standard InChI is InChI=1S/C38H27N4O/c1-24-17-19-28-29-20-21-30(32-23-31(25-11-5-3-6-12-25)39-37(40-32)27-14-7-4-8-15-27)41-38(29)43-36(28)35(24)34-22-18-26-13-9-10-16-33(26)42(34)2/h3-23H,1-2H3/q+1. The molecule has 0 saturated carbocycles. The number of hydrogen-bond donors (Lipinski definition) is 0. The first kappa shape index (κ1) is 25.1. The lowest BCUT2D eigenvalue weighted by Crippen LogP contribution is -2.32. The Bertz CT molecular complexity index is 2250. The summed E-state index contributed by atoms with van der Waals surface area (Å²) in [5.74, 6) is 0.658. The molecule has 4 aromatic carbocycles. The molecule has 4 aromatic heterocycles. The summed E-state index contributed by atoms with van der Waals surface area (Å²) in [5.41, 5.74) is 10.2. The maximum absolute atomic E-state index is 6.61. The minimum absolute atomic E-state index is 0.587. The Morgan fingerprint density at radius 3 is 2.09 bits per heavy atom. The number of aromatic nitrogens is 4. The van der Waals surface area contributed by atoms with Gasteiger partial charge >= 0.3 is 0 Å². The molecule has 0 N–H and O–H groups in total. The molecule has 5 nitrogen and oxygen atoms in total. The number of nitrogens with zero attached hydrogens (tertiary/aromatic N) is 4. The summed E-state index contributed by atoms with van der Waals surface area (Å²) in [6.07, 6.45) is 0. The van der Waals surface area contributed by atoms with Crippen LogP contribution in [0, 0.1) is 6.92 Å². The van der Waals surface area contributed by atoms with Gasteiger partial charge in [0.15, 0.2) is 11.4 Å². The Morgan fingerprint density at radius 2 is 1.28 bits per heavy atom. The number of hydrogen-bond acceptors (Lipinski definition) is 4. The second-order valence-corrected chi connectivity index (χ2v) is 10.8. The van der Waals surface area contributed by atoms with Gasteiger partial charge in [-0.15, -0.1) is 0 Å². The van der Waals surface area contributed by atoms with Gasteiger partial charge in [0.1, 0.15) is 7.05 Å². The molecular weight excluding hydrogens is 528 g/mol. The van der Waals surface area contributed by atoms with Crippen molar-refractivity contribution < 1.29 is 8.98 Å².